The number of carbonyl (C=O) groups excluding carboxylic acids is 1. The lowest BCUT2D eigenvalue weighted by atomic mass is 10.1. The Labute approximate surface area is 215 Å². The molecule has 0 radical (unpaired) electrons. The Balaban J connectivity index is 1.16. The number of benzene rings is 3. The molecule has 0 bridgehead atoms. The maximum atomic E-state index is 13.1. The molecule has 7 nitrogen and oxygen atoms in total. The molecule has 0 saturated carbocycles. The number of nitrogens with one attached hydrogen (secondary N) is 1. The third-order valence-corrected chi connectivity index (χ3v) is 6.38. The molecule has 0 spiro atoms. The fourth-order valence-electron chi connectivity index (χ4n) is 4.15. The van der Waals surface area contributed by atoms with Crippen molar-refractivity contribution in [1.29, 1.82) is 0 Å². The highest BCUT2D eigenvalue weighted by atomic mass is 35.5. The lowest BCUT2D eigenvalue weighted by Crippen LogP contribution is -2.49. The number of alkyl halides is 3. The van der Waals surface area contributed by atoms with Gasteiger partial charge in [0.05, 0.1) is 16.0 Å². The molecular weight excluding hydrogens is 509 g/mol. The van der Waals surface area contributed by atoms with Gasteiger partial charge < -0.3 is 14.2 Å². The van der Waals surface area contributed by atoms with E-state index in [0.717, 1.165) is 17.0 Å². The first-order chi connectivity index (χ1) is 17.8. The van der Waals surface area contributed by atoms with Gasteiger partial charge in [0.25, 0.3) is 0 Å². The van der Waals surface area contributed by atoms with Gasteiger partial charge in [-0.15, -0.1) is 0 Å². The molecule has 1 aliphatic rings. The van der Waals surface area contributed by atoms with Gasteiger partial charge in [-0.1, -0.05) is 41.0 Å². The summed E-state index contributed by atoms with van der Waals surface area (Å²) < 4.78 is 50.3. The minimum absolute atomic E-state index is 0.0494. The van der Waals surface area contributed by atoms with Crippen LogP contribution in [0.15, 0.2) is 71.3 Å². The Bertz CT molecular complexity index is 1420. The van der Waals surface area contributed by atoms with Crippen molar-refractivity contribution in [1.82, 2.24) is 15.0 Å². The third-order valence-electron chi connectivity index (χ3n) is 6.05. The number of para-hydroxylation sites is 1. The number of hydrogen-bond acceptors (Lipinski definition) is 5. The Morgan fingerprint density at radius 3 is 2.54 bits per heavy atom. The number of ether oxygens (including phenoxy) is 1. The van der Waals surface area contributed by atoms with Crippen molar-refractivity contribution < 1.29 is 27.2 Å². The van der Waals surface area contributed by atoms with Gasteiger partial charge in [-0.3, -0.25) is 10.2 Å². The highest BCUT2D eigenvalue weighted by Crippen LogP contribution is 2.37. The van der Waals surface area contributed by atoms with Crippen molar-refractivity contribution >= 4 is 34.4 Å². The summed E-state index contributed by atoms with van der Waals surface area (Å²) in [5.41, 5.74) is 0.599. The SMILES string of the molecule is O=C(Nc1noc2ccccc12)N1CCN(Cc2cccc(Oc3ccc(Cl)c(C(F)(F)F)c3)c2)CC1. The number of aromatic nitrogens is 1. The zero-order valence-corrected chi connectivity index (χ0v) is 20.2. The van der Waals surface area contributed by atoms with E-state index in [1.807, 2.05) is 24.3 Å². The second kappa shape index (κ2) is 10.3. The molecule has 11 heteroatoms. The third kappa shape index (κ3) is 5.81. The van der Waals surface area contributed by atoms with E-state index < -0.39 is 11.7 Å². The number of carbonyl (C=O) groups is 1. The Morgan fingerprint density at radius 1 is 1.00 bits per heavy atom. The topological polar surface area (TPSA) is 70.8 Å². The van der Waals surface area contributed by atoms with E-state index in [0.29, 0.717) is 49.9 Å². The van der Waals surface area contributed by atoms with E-state index in [9.17, 15) is 18.0 Å². The number of nitrogens with zero attached hydrogens (tertiary/aromatic N) is 3. The molecule has 1 aliphatic heterocycles. The number of fused-ring (bicyclic) bond motifs is 1. The minimum Gasteiger partial charge on any atom is -0.457 e. The fourth-order valence-corrected chi connectivity index (χ4v) is 4.38. The first-order valence-corrected chi connectivity index (χ1v) is 11.9. The second-order valence-corrected chi connectivity index (χ2v) is 9.02. The molecule has 1 fully saturated rings. The number of hydrogen-bond donors (Lipinski definition) is 1. The molecule has 4 aromatic rings. The van der Waals surface area contributed by atoms with Gasteiger partial charge in [0.1, 0.15) is 11.5 Å². The smallest absolute Gasteiger partial charge is 0.417 e. The number of piperazine rings is 1. The summed E-state index contributed by atoms with van der Waals surface area (Å²) >= 11 is 5.69. The number of urea groups is 1. The molecular formula is C26H22ClF3N4O3. The van der Waals surface area contributed by atoms with Crippen molar-refractivity contribution in [2.45, 2.75) is 12.7 Å². The van der Waals surface area contributed by atoms with Gasteiger partial charge >= 0.3 is 12.2 Å². The molecule has 1 aromatic heterocycles. The van der Waals surface area contributed by atoms with Crippen LogP contribution < -0.4 is 10.1 Å². The fraction of sp³-hybridized carbons (Fsp3) is 0.231. The normalized spacial score (nSPS) is 14.6. The van der Waals surface area contributed by atoms with E-state index in [-0.39, 0.29) is 16.8 Å². The molecule has 1 saturated heterocycles. The first kappa shape index (κ1) is 24.9. The molecule has 0 unspecified atom stereocenters. The standard InChI is InChI=1S/C26H22ClF3N4O3/c27-22-9-8-19(15-21(22)26(28,29)30)36-18-5-3-4-17(14-18)16-33-10-12-34(13-11-33)25(35)31-24-20-6-1-2-7-23(20)37-32-24/h1-9,14-15H,10-13,16H2,(H,31,32,35). The maximum absolute atomic E-state index is 13.1. The number of rotatable bonds is 5. The summed E-state index contributed by atoms with van der Waals surface area (Å²) in [5.74, 6) is 0.863. The predicted octanol–water partition coefficient (Wildman–Crippen LogP) is 6.64. The highest BCUT2D eigenvalue weighted by Gasteiger charge is 2.33. The zero-order chi connectivity index (χ0) is 26.0. The number of halogens is 4. The van der Waals surface area contributed by atoms with Crippen molar-refractivity contribution in [2.75, 3.05) is 31.5 Å². The average molecular weight is 531 g/mol. The zero-order valence-electron chi connectivity index (χ0n) is 19.5. The highest BCUT2D eigenvalue weighted by molar-refractivity contribution is 6.31. The van der Waals surface area contributed by atoms with Crippen molar-refractivity contribution in [3.63, 3.8) is 0 Å². The summed E-state index contributed by atoms with van der Waals surface area (Å²) in [7, 11) is 0. The largest absolute Gasteiger partial charge is 0.457 e. The van der Waals surface area contributed by atoms with Gasteiger partial charge in [0.2, 0.25) is 0 Å². The average Bonchev–Trinajstić information content (AvgIpc) is 3.28. The van der Waals surface area contributed by atoms with Crippen molar-refractivity contribution in [3.8, 4) is 11.5 Å². The maximum Gasteiger partial charge on any atom is 0.417 e. The molecule has 192 valence electrons. The van der Waals surface area contributed by atoms with Crippen molar-refractivity contribution in [2.24, 2.45) is 0 Å². The van der Waals surface area contributed by atoms with E-state index >= 15 is 0 Å². The van der Waals surface area contributed by atoms with Crippen molar-refractivity contribution in [3.05, 3.63) is 82.9 Å². The molecule has 3 aromatic carbocycles. The lowest BCUT2D eigenvalue weighted by Gasteiger charge is -2.34. The van der Waals surface area contributed by atoms with E-state index in [4.69, 9.17) is 20.9 Å². The quantitative estimate of drug-likeness (QED) is 0.313. The summed E-state index contributed by atoms with van der Waals surface area (Å²) in [4.78, 5) is 16.6. The number of anilines is 1. The molecule has 0 atom stereocenters. The van der Waals surface area contributed by atoms with Crippen LogP contribution in [0.1, 0.15) is 11.1 Å². The van der Waals surface area contributed by atoms with Crippen LogP contribution in [-0.4, -0.2) is 47.2 Å². The van der Waals surface area contributed by atoms with Crippen LogP contribution in [0.25, 0.3) is 11.0 Å². The Morgan fingerprint density at radius 2 is 1.76 bits per heavy atom. The Hall–Kier alpha value is -3.76. The molecule has 2 heterocycles. The van der Waals surface area contributed by atoms with Crippen LogP contribution in [-0.2, 0) is 12.7 Å². The van der Waals surface area contributed by atoms with Gasteiger partial charge in [0, 0.05) is 32.7 Å². The van der Waals surface area contributed by atoms with Crippen LogP contribution in [0.4, 0.5) is 23.8 Å². The van der Waals surface area contributed by atoms with Gasteiger partial charge in [-0.05, 0) is 48.0 Å². The summed E-state index contributed by atoms with van der Waals surface area (Å²) in [6.07, 6.45) is -4.57. The minimum atomic E-state index is -4.57. The van der Waals surface area contributed by atoms with Crippen LogP contribution in [0, 0.1) is 0 Å². The first-order valence-electron chi connectivity index (χ1n) is 11.5. The summed E-state index contributed by atoms with van der Waals surface area (Å²) in [6.45, 7) is 2.98. The van der Waals surface area contributed by atoms with Crippen LogP contribution in [0.2, 0.25) is 5.02 Å². The second-order valence-electron chi connectivity index (χ2n) is 8.61. The van der Waals surface area contributed by atoms with E-state index in [1.54, 1.807) is 29.2 Å². The number of amides is 2. The monoisotopic (exact) mass is 530 g/mol. The van der Waals surface area contributed by atoms with Crippen LogP contribution in [0.5, 0.6) is 11.5 Å². The van der Waals surface area contributed by atoms with E-state index in [2.05, 4.69) is 15.4 Å². The molecule has 5 rings (SSSR count). The van der Waals surface area contributed by atoms with Gasteiger partial charge in [-0.2, -0.15) is 13.2 Å². The molecule has 37 heavy (non-hydrogen) atoms. The molecule has 0 aliphatic carbocycles. The predicted molar refractivity (Wildman–Crippen MR) is 133 cm³/mol. The van der Waals surface area contributed by atoms with Gasteiger partial charge in [-0.25, -0.2) is 4.79 Å². The van der Waals surface area contributed by atoms with Crippen LogP contribution >= 0.6 is 11.6 Å². The van der Waals surface area contributed by atoms with E-state index in [1.165, 1.54) is 12.1 Å². The summed E-state index contributed by atoms with van der Waals surface area (Å²) in [6, 6.07) is 17.7. The lowest BCUT2D eigenvalue weighted by molar-refractivity contribution is -0.137. The molecule has 2 amide bonds. The Kier molecular flexibility index (Phi) is 6.94. The van der Waals surface area contributed by atoms with Crippen LogP contribution in [0.3, 0.4) is 0 Å². The van der Waals surface area contributed by atoms with Gasteiger partial charge in [0.15, 0.2) is 11.4 Å². The molecule has 1 N–H and O–H groups in total. The summed E-state index contributed by atoms with van der Waals surface area (Å²) in [5, 5.41) is 7.12.